The van der Waals surface area contributed by atoms with E-state index in [0.717, 1.165) is 22.1 Å². The van der Waals surface area contributed by atoms with Crippen LogP contribution in [0.3, 0.4) is 0 Å². The van der Waals surface area contributed by atoms with E-state index in [9.17, 15) is 4.79 Å². The van der Waals surface area contributed by atoms with Crippen LogP contribution in [0.15, 0.2) is 36.9 Å². The van der Waals surface area contributed by atoms with Crippen molar-refractivity contribution in [2.45, 2.75) is 20.3 Å². The summed E-state index contributed by atoms with van der Waals surface area (Å²) < 4.78 is 1.80. The van der Waals surface area contributed by atoms with Crippen molar-refractivity contribution in [1.82, 2.24) is 29.7 Å². The van der Waals surface area contributed by atoms with Gasteiger partial charge < -0.3 is 4.57 Å². The number of aromatic nitrogens is 6. The van der Waals surface area contributed by atoms with Gasteiger partial charge in [0.05, 0.1) is 5.52 Å². The molecule has 8 heteroatoms. The molecule has 0 aromatic carbocycles. The molecule has 4 heterocycles. The van der Waals surface area contributed by atoms with Crippen molar-refractivity contribution >= 4 is 28.3 Å². The quantitative estimate of drug-likeness (QED) is 0.384. The average molecular weight is 393 g/mol. The lowest BCUT2D eigenvalue weighted by Crippen LogP contribution is -2.03. The molecule has 4 rings (SSSR count). The minimum Gasteiger partial charge on any atom is -0.315 e. The molecule has 0 aliphatic rings. The molecule has 0 saturated carbocycles. The van der Waals surface area contributed by atoms with Gasteiger partial charge in [0.25, 0.3) is 0 Å². The van der Waals surface area contributed by atoms with E-state index >= 15 is 0 Å². The first kappa shape index (κ1) is 18.2. The number of pyridine rings is 3. The molecule has 0 unspecified atom stereocenters. The van der Waals surface area contributed by atoms with E-state index in [4.69, 9.17) is 16.6 Å². The van der Waals surface area contributed by atoms with Gasteiger partial charge in [-0.3, -0.25) is 9.78 Å². The third kappa shape index (κ3) is 3.14. The summed E-state index contributed by atoms with van der Waals surface area (Å²) in [5.74, 6) is 0.636. The summed E-state index contributed by atoms with van der Waals surface area (Å²) in [7, 11) is 1.86. The lowest BCUT2D eigenvalue weighted by Gasteiger charge is -2.13. The molecule has 4 aromatic rings. The Balaban J connectivity index is 1.99. The van der Waals surface area contributed by atoms with Crippen LogP contribution in [0.25, 0.3) is 33.5 Å². The highest BCUT2D eigenvalue weighted by atomic mass is 35.5. The van der Waals surface area contributed by atoms with Gasteiger partial charge in [0, 0.05) is 48.4 Å². The van der Waals surface area contributed by atoms with Crippen molar-refractivity contribution in [3.05, 3.63) is 53.3 Å². The summed E-state index contributed by atoms with van der Waals surface area (Å²) in [6.07, 6.45) is 5.44. The van der Waals surface area contributed by atoms with Crippen LogP contribution in [0.1, 0.15) is 29.4 Å². The summed E-state index contributed by atoms with van der Waals surface area (Å²) in [5.41, 5.74) is 4.48. The Labute approximate surface area is 166 Å². The lowest BCUT2D eigenvalue weighted by atomic mass is 9.98. The van der Waals surface area contributed by atoms with E-state index in [-0.39, 0.29) is 5.78 Å². The van der Waals surface area contributed by atoms with Gasteiger partial charge in [-0.2, -0.15) is 0 Å². The second kappa shape index (κ2) is 7.09. The summed E-state index contributed by atoms with van der Waals surface area (Å²) in [5, 5.41) is 9.41. The molecule has 0 N–H and O–H groups in total. The second-order valence-corrected chi connectivity index (χ2v) is 6.90. The number of hydrogen-bond acceptors (Lipinski definition) is 6. The number of fused-ring (bicyclic) bond motifs is 1. The third-order valence-corrected chi connectivity index (χ3v) is 4.80. The molecule has 140 valence electrons. The molecule has 7 nitrogen and oxygen atoms in total. The van der Waals surface area contributed by atoms with E-state index < -0.39 is 0 Å². The van der Waals surface area contributed by atoms with Crippen LogP contribution in [-0.4, -0.2) is 35.5 Å². The smallest absolute Gasteiger partial charge is 0.182 e. The van der Waals surface area contributed by atoms with Crippen molar-refractivity contribution in [3.63, 3.8) is 0 Å². The normalized spacial score (nSPS) is 11.1. The number of halogens is 1. The number of ketones is 1. The molecular formula is C20H17ClN6O. The van der Waals surface area contributed by atoms with Gasteiger partial charge in [0.15, 0.2) is 11.6 Å². The Morgan fingerprint density at radius 3 is 2.64 bits per heavy atom. The van der Waals surface area contributed by atoms with Crippen molar-refractivity contribution in [2.24, 2.45) is 7.05 Å². The van der Waals surface area contributed by atoms with Gasteiger partial charge in [-0.1, -0.05) is 18.5 Å². The SMILES string of the molecule is CCC(=O)c1cc(C)c(-c2cc3cnc(Cl)cc3nc2-c2nncn2C)cn1. The van der Waals surface area contributed by atoms with E-state index in [1.807, 2.05) is 33.0 Å². The highest BCUT2D eigenvalue weighted by molar-refractivity contribution is 6.30. The third-order valence-electron chi connectivity index (χ3n) is 4.60. The van der Waals surface area contributed by atoms with E-state index in [2.05, 4.69) is 20.2 Å². The highest BCUT2D eigenvalue weighted by Gasteiger charge is 2.18. The number of hydrogen-bond donors (Lipinski definition) is 0. The van der Waals surface area contributed by atoms with Crippen molar-refractivity contribution in [2.75, 3.05) is 0 Å². The summed E-state index contributed by atoms with van der Waals surface area (Å²) >= 11 is 6.04. The maximum atomic E-state index is 12.0. The first-order chi connectivity index (χ1) is 13.5. The molecule has 0 aliphatic heterocycles. The van der Waals surface area contributed by atoms with Crippen LogP contribution in [-0.2, 0) is 7.05 Å². The standard InChI is InChI=1S/C20H17ClN6O/c1-4-17(28)16-5-11(2)14(9-22-16)13-6-12-8-23-18(21)7-15(12)25-19(13)20-26-24-10-27(20)3/h5-10H,4H2,1-3H3. The number of carbonyl (C=O) groups excluding carboxylic acids is 1. The summed E-state index contributed by atoms with van der Waals surface area (Å²) in [6.45, 7) is 3.78. The maximum Gasteiger partial charge on any atom is 0.182 e. The first-order valence-electron chi connectivity index (χ1n) is 8.78. The van der Waals surface area contributed by atoms with E-state index in [1.54, 1.807) is 29.4 Å². The zero-order chi connectivity index (χ0) is 19.8. The van der Waals surface area contributed by atoms with Gasteiger partial charge in [0.2, 0.25) is 0 Å². The minimum atomic E-state index is 0.0126. The second-order valence-electron chi connectivity index (χ2n) is 6.51. The van der Waals surface area contributed by atoms with Crippen molar-refractivity contribution in [1.29, 1.82) is 0 Å². The van der Waals surface area contributed by atoms with E-state index in [0.29, 0.717) is 34.3 Å². The van der Waals surface area contributed by atoms with E-state index in [1.165, 1.54) is 0 Å². The molecule has 28 heavy (non-hydrogen) atoms. The van der Waals surface area contributed by atoms with Crippen LogP contribution in [0.5, 0.6) is 0 Å². The van der Waals surface area contributed by atoms with Crippen molar-refractivity contribution in [3.8, 4) is 22.6 Å². The molecule has 0 amide bonds. The zero-order valence-electron chi connectivity index (χ0n) is 15.6. The fraction of sp³-hybridized carbons (Fsp3) is 0.200. The van der Waals surface area contributed by atoms with Crippen molar-refractivity contribution < 1.29 is 4.79 Å². The number of carbonyl (C=O) groups is 1. The van der Waals surface area contributed by atoms with Crippen LogP contribution in [0.4, 0.5) is 0 Å². The number of nitrogens with zero attached hydrogens (tertiary/aromatic N) is 6. The Morgan fingerprint density at radius 2 is 1.96 bits per heavy atom. The Morgan fingerprint density at radius 1 is 1.14 bits per heavy atom. The van der Waals surface area contributed by atoms with Crippen LogP contribution < -0.4 is 0 Å². The molecule has 0 saturated heterocycles. The predicted molar refractivity (Wildman–Crippen MR) is 107 cm³/mol. The summed E-state index contributed by atoms with van der Waals surface area (Å²) in [6, 6.07) is 5.52. The van der Waals surface area contributed by atoms with Crippen LogP contribution >= 0.6 is 11.6 Å². The fourth-order valence-electron chi connectivity index (χ4n) is 3.09. The fourth-order valence-corrected chi connectivity index (χ4v) is 3.24. The topological polar surface area (TPSA) is 86.5 Å². The molecule has 0 bridgehead atoms. The van der Waals surface area contributed by atoms with Crippen LogP contribution in [0, 0.1) is 6.92 Å². The molecule has 0 radical (unpaired) electrons. The van der Waals surface area contributed by atoms with Crippen LogP contribution in [0.2, 0.25) is 5.15 Å². The predicted octanol–water partition coefficient (Wildman–Crippen LogP) is 4.04. The first-order valence-corrected chi connectivity index (χ1v) is 9.16. The molecule has 0 spiro atoms. The largest absolute Gasteiger partial charge is 0.315 e. The minimum absolute atomic E-state index is 0.0126. The lowest BCUT2D eigenvalue weighted by molar-refractivity contribution is 0.0983. The maximum absolute atomic E-state index is 12.0. The van der Waals surface area contributed by atoms with Gasteiger partial charge in [-0.05, 0) is 24.6 Å². The Hall–Kier alpha value is -3.19. The van der Waals surface area contributed by atoms with Gasteiger partial charge in [-0.15, -0.1) is 10.2 Å². The van der Waals surface area contributed by atoms with Gasteiger partial charge >= 0.3 is 0 Å². The van der Waals surface area contributed by atoms with Gasteiger partial charge in [-0.25, -0.2) is 9.97 Å². The summed E-state index contributed by atoms with van der Waals surface area (Å²) in [4.78, 5) is 25.3. The molecular weight excluding hydrogens is 376 g/mol. The number of rotatable bonds is 4. The Bertz CT molecular complexity index is 1220. The van der Waals surface area contributed by atoms with Gasteiger partial charge in [0.1, 0.15) is 22.9 Å². The Kier molecular flexibility index (Phi) is 4.60. The molecule has 0 fully saturated rings. The highest BCUT2D eigenvalue weighted by Crippen LogP contribution is 2.34. The molecule has 4 aromatic heterocycles. The zero-order valence-corrected chi connectivity index (χ0v) is 16.4. The monoisotopic (exact) mass is 392 g/mol. The number of Topliss-reactive ketones (excluding diaryl/α,β-unsaturated/α-hetero) is 1. The molecule has 0 atom stereocenters. The number of aryl methyl sites for hydroxylation is 2. The average Bonchev–Trinajstić information content (AvgIpc) is 3.12. The molecule has 0 aliphatic carbocycles.